The van der Waals surface area contributed by atoms with E-state index in [1.807, 2.05) is 13.8 Å². The molecule has 106 valence electrons. The molecule has 4 N–H and O–H groups in total. The summed E-state index contributed by atoms with van der Waals surface area (Å²) in [4.78, 5) is 11.8. The summed E-state index contributed by atoms with van der Waals surface area (Å²) in [6.45, 7) is 9.01. The Balaban J connectivity index is 2.39. The molecule has 0 atom stereocenters. The van der Waals surface area contributed by atoms with Gasteiger partial charge in [-0.05, 0) is 13.3 Å². The molecule has 0 saturated heterocycles. The molecule has 1 aromatic rings. The predicted octanol–water partition coefficient (Wildman–Crippen LogP) is 1.27. The fraction of sp³-hybridized carbons (Fsp3) is 0.538. The third kappa shape index (κ3) is 4.75. The van der Waals surface area contributed by atoms with Crippen molar-refractivity contribution < 1.29 is 9.53 Å². The number of nitrogens with one attached hydrogen (secondary N) is 2. The summed E-state index contributed by atoms with van der Waals surface area (Å²) in [7, 11) is 0. The summed E-state index contributed by atoms with van der Waals surface area (Å²) in [5.74, 6) is -0.282. The molecule has 6 heteroatoms. The number of aromatic amines is 1. The quantitative estimate of drug-likeness (QED) is 0.488. The molecule has 0 spiro atoms. The molecule has 1 amide bonds. The highest BCUT2D eigenvalue weighted by molar-refractivity contribution is 5.97. The van der Waals surface area contributed by atoms with Gasteiger partial charge in [-0.3, -0.25) is 9.89 Å². The molecule has 1 heterocycles. The van der Waals surface area contributed by atoms with Crippen molar-refractivity contribution in [1.29, 1.82) is 0 Å². The number of hydrogen-bond acceptors (Lipinski definition) is 4. The van der Waals surface area contributed by atoms with Gasteiger partial charge in [0.1, 0.15) is 0 Å². The van der Waals surface area contributed by atoms with E-state index in [4.69, 9.17) is 10.5 Å². The van der Waals surface area contributed by atoms with Crippen LogP contribution in [0.4, 0.5) is 5.69 Å². The van der Waals surface area contributed by atoms with Gasteiger partial charge in [0.25, 0.3) is 5.91 Å². The van der Waals surface area contributed by atoms with Crippen LogP contribution in [-0.4, -0.2) is 35.9 Å². The smallest absolute Gasteiger partial charge is 0.274 e. The van der Waals surface area contributed by atoms with Gasteiger partial charge in [-0.15, -0.1) is 0 Å². The second-order valence-electron chi connectivity index (χ2n) is 4.48. The fourth-order valence-corrected chi connectivity index (χ4v) is 1.57. The normalized spacial score (nSPS) is 10.4. The minimum Gasteiger partial charge on any atom is -0.395 e. The number of carbonyl (C=O) groups is 1. The molecule has 0 unspecified atom stereocenters. The first-order valence-electron chi connectivity index (χ1n) is 6.39. The predicted molar refractivity (Wildman–Crippen MR) is 75.0 cm³/mol. The lowest BCUT2D eigenvalue weighted by Crippen LogP contribution is -2.28. The van der Waals surface area contributed by atoms with Crippen LogP contribution in [0.2, 0.25) is 0 Å². The zero-order valence-electron chi connectivity index (χ0n) is 11.6. The summed E-state index contributed by atoms with van der Waals surface area (Å²) < 4.78 is 5.28. The number of amides is 1. The maximum absolute atomic E-state index is 11.8. The van der Waals surface area contributed by atoms with Crippen LogP contribution in [0.3, 0.4) is 0 Å². The number of nitrogens with zero attached hydrogens (tertiary/aromatic N) is 1. The summed E-state index contributed by atoms with van der Waals surface area (Å²) in [5, 5.41) is 9.45. The zero-order valence-corrected chi connectivity index (χ0v) is 11.6. The fourth-order valence-electron chi connectivity index (χ4n) is 1.57. The molecule has 0 saturated carbocycles. The Bertz CT molecular complexity index is 440. The van der Waals surface area contributed by atoms with Crippen LogP contribution in [0.25, 0.3) is 0 Å². The van der Waals surface area contributed by atoms with E-state index < -0.39 is 0 Å². The molecule has 0 aliphatic carbocycles. The van der Waals surface area contributed by atoms with Gasteiger partial charge in [-0.1, -0.05) is 25.5 Å². The number of carbonyl (C=O) groups excluding carboxylic acids is 1. The van der Waals surface area contributed by atoms with Crippen molar-refractivity contribution in [1.82, 2.24) is 15.5 Å². The van der Waals surface area contributed by atoms with Crippen LogP contribution < -0.4 is 11.1 Å². The van der Waals surface area contributed by atoms with Crippen LogP contribution in [0.15, 0.2) is 12.2 Å². The number of aryl methyl sites for hydroxylation is 1. The molecular formula is C13H22N4O2. The monoisotopic (exact) mass is 266 g/mol. The van der Waals surface area contributed by atoms with Crippen LogP contribution in [0.5, 0.6) is 0 Å². The van der Waals surface area contributed by atoms with Crippen molar-refractivity contribution >= 4 is 11.6 Å². The highest BCUT2D eigenvalue weighted by atomic mass is 16.5. The van der Waals surface area contributed by atoms with Crippen LogP contribution in [-0.2, 0) is 11.2 Å². The highest BCUT2D eigenvalue weighted by Gasteiger charge is 2.16. The lowest BCUT2D eigenvalue weighted by atomic mass is 10.2. The average molecular weight is 266 g/mol. The van der Waals surface area contributed by atoms with E-state index in [-0.39, 0.29) is 11.6 Å². The molecule has 1 aromatic heterocycles. The second kappa shape index (κ2) is 7.58. The van der Waals surface area contributed by atoms with Crippen LogP contribution >= 0.6 is 0 Å². The van der Waals surface area contributed by atoms with Gasteiger partial charge < -0.3 is 15.8 Å². The molecule has 0 aliphatic heterocycles. The number of nitrogens with two attached hydrogens (primary N) is 1. The number of aromatic nitrogens is 2. The topological polar surface area (TPSA) is 93.0 Å². The lowest BCUT2D eigenvalue weighted by Gasteiger charge is -2.05. The molecule has 0 aromatic carbocycles. The maximum atomic E-state index is 11.8. The SMILES string of the molecule is C=C(C)COCCNC(=O)c1n[nH]c(CCC)c1N. The van der Waals surface area contributed by atoms with Gasteiger partial charge in [0.15, 0.2) is 5.69 Å². The highest BCUT2D eigenvalue weighted by Crippen LogP contribution is 2.15. The van der Waals surface area contributed by atoms with Crippen molar-refractivity contribution in [3.05, 3.63) is 23.5 Å². The van der Waals surface area contributed by atoms with Crippen molar-refractivity contribution in [2.75, 3.05) is 25.5 Å². The molecule has 0 radical (unpaired) electrons. The maximum Gasteiger partial charge on any atom is 0.274 e. The van der Waals surface area contributed by atoms with Crippen molar-refractivity contribution in [3.8, 4) is 0 Å². The van der Waals surface area contributed by atoms with E-state index >= 15 is 0 Å². The van der Waals surface area contributed by atoms with Gasteiger partial charge in [0, 0.05) is 6.54 Å². The Hall–Kier alpha value is -1.82. The molecular weight excluding hydrogens is 244 g/mol. The van der Waals surface area contributed by atoms with Crippen LogP contribution in [0, 0.1) is 0 Å². The standard InChI is InChI=1S/C13H22N4O2/c1-4-5-10-11(14)12(17-16-10)13(18)15-6-7-19-8-9(2)3/h2,4-8,14H2,1,3H3,(H,15,18)(H,16,17). The number of nitrogen functional groups attached to an aromatic ring is 1. The molecule has 0 fully saturated rings. The molecule has 1 rings (SSSR count). The summed E-state index contributed by atoms with van der Waals surface area (Å²) >= 11 is 0. The third-order valence-corrected chi connectivity index (χ3v) is 2.48. The number of hydrogen-bond donors (Lipinski definition) is 3. The second-order valence-corrected chi connectivity index (χ2v) is 4.48. The van der Waals surface area contributed by atoms with Gasteiger partial charge in [0.2, 0.25) is 0 Å². The van der Waals surface area contributed by atoms with E-state index in [0.29, 0.717) is 25.4 Å². The van der Waals surface area contributed by atoms with Crippen molar-refractivity contribution in [2.45, 2.75) is 26.7 Å². The summed E-state index contributed by atoms with van der Waals surface area (Å²) in [6, 6.07) is 0. The number of rotatable bonds is 8. The largest absolute Gasteiger partial charge is 0.395 e. The molecule has 0 aliphatic rings. The molecule has 0 bridgehead atoms. The van der Waals surface area contributed by atoms with Crippen LogP contribution in [0.1, 0.15) is 36.5 Å². The molecule has 6 nitrogen and oxygen atoms in total. The van der Waals surface area contributed by atoms with Gasteiger partial charge in [-0.2, -0.15) is 5.10 Å². The Morgan fingerprint density at radius 3 is 2.95 bits per heavy atom. The minimum absolute atomic E-state index is 0.253. The Morgan fingerprint density at radius 1 is 1.58 bits per heavy atom. The number of anilines is 1. The minimum atomic E-state index is -0.282. The van der Waals surface area contributed by atoms with E-state index in [0.717, 1.165) is 24.1 Å². The number of H-pyrrole nitrogens is 1. The van der Waals surface area contributed by atoms with E-state index in [2.05, 4.69) is 22.1 Å². The Kier molecular flexibility index (Phi) is 6.08. The zero-order chi connectivity index (χ0) is 14.3. The van der Waals surface area contributed by atoms with E-state index in [1.54, 1.807) is 0 Å². The first-order chi connectivity index (χ1) is 9.06. The third-order valence-electron chi connectivity index (χ3n) is 2.48. The summed E-state index contributed by atoms with van der Waals surface area (Å²) in [6.07, 6.45) is 1.73. The Morgan fingerprint density at radius 2 is 2.32 bits per heavy atom. The van der Waals surface area contributed by atoms with Crippen molar-refractivity contribution in [3.63, 3.8) is 0 Å². The number of ether oxygens (including phenoxy) is 1. The van der Waals surface area contributed by atoms with E-state index in [9.17, 15) is 4.79 Å². The van der Waals surface area contributed by atoms with Gasteiger partial charge >= 0.3 is 0 Å². The summed E-state index contributed by atoms with van der Waals surface area (Å²) in [5.41, 5.74) is 8.31. The molecule has 19 heavy (non-hydrogen) atoms. The van der Waals surface area contributed by atoms with Gasteiger partial charge in [-0.25, -0.2) is 0 Å². The Labute approximate surface area is 113 Å². The first-order valence-corrected chi connectivity index (χ1v) is 6.39. The first kappa shape index (κ1) is 15.2. The van der Waals surface area contributed by atoms with Crippen molar-refractivity contribution in [2.24, 2.45) is 0 Å². The lowest BCUT2D eigenvalue weighted by molar-refractivity contribution is 0.0922. The van der Waals surface area contributed by atoms with E-state index in [1.165, 1.54) is 0 Å². The van der Waals surface area contributed by atoms with Gasteiger partial charge in [0.05, 0.1) is 24.6 Å². The average Bonchev–Trinajstić information content (AvgIpc) is 2.71.